The van der Waals surface area contributed by atoms with Gasteiger partial charge >= 0.3 is 0 Å². The summed E-state index contributed by atoms with van der Waals surface area (Å²) in [6, 6.07) is 9.08. The number of aryl methyl sites for hydroxylation is 1. The minimum Gasteiger partial charge on any atom is -0.435 e. The molecule has 0 aliphatic carbocycles. The average Bonchev–Trinajstić information content (AvgIpc) is 2.92. The Labute approximate surface area is 129 Å². The van der Waals surface area contributed by atoms with Crippen molar-refractivity contribution in [1.82, 2.24) is 4.98 Å². The van der Waals surface area contributed by atoms with Crippen LogP contribution < -0.4 is 0 Å². The van der Waals surface area contributed by atoms with Gasteiger partial charge in [-0.15, -0.1) is 0 Å². The van der Waals surface area contributed by atoms with Gasteiger partial charge in [-0.1, -0.05) is 32.6 Å². The number of aromatic nitrogens is 1. The Morgan fingerprint density at radius 1 is 1.23 bits per heavy atom. The summed E-state index contributed by atoms with van der Waals surface area (Å²) in [5.41, 5.74) is 4.80. The topological polar surface area (TPSA) is 26.0 Å². The van der Waals surface area contributed by atoms with Gasteiger partial charge in [0.05, 0.1) is 0 Å². The molecule has 22 heavy (non-hydrogen) atoms. The molecule has 0 atom stereocenters. The molecule has 3 rings (SSSR count). The van der Waals surface area contributed by atoms with Gasteiger partial charge in [0.1, 0.15) is 11.3 Å². The third-order valence-electron chi connectivity index (χ3n) is 3.85. The highest BCUT2D eigenvalue weighted by atomic mass is 19.1. The number of hydrogen-bond donors (Lipinski definition) is 0. The molecule has 0 N–H and O–H groups in total. The quantitative estimate of drug-likeness (QED) is 0.618. The summed E-state index contributed by atoms with van der Waals surface area (Å²) in [6.45, 7) is 9.83. The highest BCUT2D eigenvalue weighted by Crippen LogP contribution is 2.31. The van der Waals surface area contributed by atoms with E-state index in [0.717, 1.165) is 11.1 Å². The molecule has 0 unspecified atom stereocenters. The zero-order valence-corrected chi connectivity index (χ0v) is 13.0. The van der Waals surface area contributed by atoms with Gasteiger partial charge in [-0.05, 0) is 48.2 Å². The van der Waals surface area contributed by atoms with Crippen LogP contribution in [-0.4, -0.2) is 4.98 Å². The molecule has 0 spiro atoms. The van der Waals surface area contributed by atoms with Crippen LogP contribution >= 0.6 is 0 Å². The smallest absolute Gasteiger partial charge is 0.227 e. The van der Waals surface area contributed by atoms with E-state index in [0.29, 0.717) is 28.5 Å². The van der Waals surface area contributed by atoms with Gasteiger partial charge in [-0.2, -0.15) is 0 Å². The lowest BCUT2D eigenvalue weighted by molar-refractivity contribution is 0.606. The molecular weight excluding hydrogens is 277 g/mol. The van der Waals surface area contributed by atoms with Crippen molar-refractivity contribution < 1.29 is 8.81 Å². The van der Waals surface area contributed by atoms with Gasteiger partial charge in [0.25, 0.3) is 0 Å². The Hall–Kier alpha value is -2.42. The molecule has 0 amide bonds. The molecule has 0 saturated heterocycles. The summed E-state index contributed by atoms with van der Waals surface area (Å²) >= 11 is 0. The van der Waals surface area contributed by atoms with Crippen molar-refractivity contribution in [3.8, 4) is 11.5 Å². The Morgan fingerprint density at radius 3 is 2.64 bits per heavy atom. The molecule has 112 valence electrons. The minimum atomic E-state index is -0.258. The molecule has 3 aromatic rings. The fraction of sp³-hybridized carbons (Fsp3) is 0.211. The lowest BCUT2D eigenvalue weighted by Crippen LogP contribution is -1.88. The van der Waals surface area contributed by atoms with Crippen molar-refractivity contribution >= 4 is 17.2 Å². The van der Waals surface area contributed by atoms with Crippen LogP contribution in [0.15, 0.2) is 41.3 Å². The number of oxazole rings is 1. The summed E-state index contributed by atoms with van der Waals surface area (Å²) in [5, 5.41) is 0. The summed E-state index contributed by atoms with van der Waals surface area (Å²) in [7, 11) is 0. The van der Waals surface area contributed by atoms with Crippen LogP contribution in [0.5, 0.6) is 0 Å². The molecule has 0 aliphatic heterocycles. The van der Waals surface area contributed by atoms with Crippen molar-refractivity contribution in [1.29, 1.82) is 0 Å². The average molecular weight is 295 g/mol. The number of nitrogens with zero attached hydrogens (tertiary/aromatic N) is 1. The Balaban J connectivity index is 2.20. The van der Waals surface area contributed by atoms with E-state index in [1.165, 1.54) is 11.6 Å². The SMILES string of the molecule is C=Cc1cc(C(C)C)cc2nc(-c3ccc(C)c(F)c3)oc12. The van der Waals surface area contributed by atoms with E-state index < -0.39 is 0 Å². The zero-order valence-electron chi connectivity index (χ0n) is 13.0. The molecule has 1 aromatic heterocycles. The summed E-state index contributed by atoms with van der Waals surface area (Å²) < 4.78 is 19.6. The van der Waals surface area contributed by atoms with Crippen molar-refractivity contribution in [2.75, 3.05) is 0 Å². The van der Waals surface area contributed by atoms with Crippen LogP contribution in [-0.2, 0) is 0 Å². The highest BCUT2D eigenvalue weighted by Gasteiger charge is 2.14. The molecular formula is C19H18FNO. The molecule has 0 saturated carbocycles. The maximum Gasteiger partial charge on any atom is 0.227 e. The van der Waals surface area contributed by atoms with E-state index in [9.17, 15) is 4.39 Å². The van der Waals surface area contributed by atoms with Crippen LogP contribution in [0, 0.1) is 12.7 Å². The first kappa shape index (κ1) is 14.5. The van der Waals surface area contributed by atoms with Crippen LogP contribution in [0.3, 0.4) is 0 Å². The summed E-state index contributed by atoms with van der Waals surface area (Å²) in [5.74, 6) is 0.560. The fourth-order valence-corrected chi connectivity index (χ4v) is 2.42. The molecule has 3 heteroatoms. The van der Waals surface area contributed by atoms with Gasteiger partial charge in [0, 0.05) is 11.1 Å². The second-order valence-electron chi connectivity index (χ2n) is 5.80. The largest absolute Gasteiger partial charge is 0.435 e. The number of rotatable bonds is 3. The predicted octanol–water partition coefficient (Wildman–Crippen LogP) is 5.71. The predicted molar refractivity (Wildman–Crippen MR) is 88.3 cm³/mol. The van der Waals surface area contributed by atoms with Crippen LogP contribution in [0.25, 0.3) is 28.6 Å². The number of fused-ring (bicyclic) bond motifs is 1. The first-order valence-corrected chi connectivity index (χ1v) is 7.33. The molecule has 0 bridgehead atoms. The number of benzene rings is 2. The van der Waals surface area contributed by atoms with Crippen LogP contribution in [0.4, 0.5) is 4.39 Å². The van der Waals surface area contributed by atoms with Gasteiger partial charge in [-0.25, -0.2) is 9.37 Å². The summed E-state index contributed by atoms with van der Waals surface area (Å²) in [4.78, 5) is 4.52. The Bertz CT molecular complexity index is 861. The maximum absolute atomic E-state index is 13.8. The number of halogens is 1. The third kappa shape index (κ3) is 2.43. The molecule has 0 aliphatic rings. The third-order valence-corrected chi connectivity index (χ3v) is 3.85. The second kappa shape index (κ2) is 5.41. The van der Waals surface area contributed by atoms with Crippen LogP contribution in [0.2, 0.25) is 0 Å². The van der Waals surface area contributed by atoms with Crippen molar-refractivity contribution in [2.24, 2.45) is 0 Å². The van der Waals surface area contributed by atoms with E-state index in [4.69, 9.17) is 4.42 Å². The van der Waals surface area contributed by atoms with E-state index in [-0.39, 0.29) is 5.82 Å². The van der Waals surface area contributed by atoms with Gasteiger partial charge in [0.2, 0.25) is 5.89 Å². The highest BCUT2D eigenvalue weighted by molar-refractivity contribution is 5.85. The van der Waals surface area contributed by atoms with E-state index in [1.807, 2.05) is 12.1 Å². The second-order valence-corrected chi connectivity index (χ2v) is 5.80. The molecule has 2 aromatic carbocycles. The van der Waals surface area contributed by atoms with Gasteiger partial charge < -0.3 is 4.42 Å². The Morgan fingerprint density at radius 2 is 2.00 bits per heavy atom. The Kier molecular flexibility index (Phi) is 3.57. The molecule has 0 fully saturated rings. The minimum absolute atomic E-state index is 0.258. The van der Waals surface area contributed by atoms with Crippen molar-refractivity contribution in [3.05, 3.63) is 59.4 Å². The maximum atomic E-state index is 13.8. The molecule has 0 radical (unpaired) electrons. The monoisotopic (exact) mass is 295 g/mol. The van der Waals surface area contributed by atoms with E-state index in [1.54, 1.807) is 19.1 Å². The lowest BCUT2D eigenvalue weighted by atomic mass is 10.00. The van der Waals surface area contributed by atoms with Crippen molar-refractivity contribution in [3.63, 3.8) is 0 Å². The first-order chi connectivity index (χ1) is 10.5. The zero-order chi connectivity index (χ0) is 15.9. The van der Waals surface area contributed by atoms with Gasteiger partial charge in [-0.3, -0.25) is 0 Å². The standard InChI is InChI=1S/C19H18FNO/c1-5-13-8-15(11(2)3)10-17-18(13)22-19(21-17)14-7-6-12(4)16(20)9-14/h5-11H,1H2,2-4H3. The molecule has 1 heterocycles. The number of hydrogen-bond acceptors (Lipinski definition) is 2. The van der Waals surface area contributed by atoms with E-state index >= 15 is 0 Å². The summed E-state index contributed by atoms with van der Waals surface area (Å²) in [6.07, 6.45) is 1.76. The first-order valence-electron chi connectivity index (χ1n) is 7.33. The van der Waals surface area contributed by atoms with Gasteiger partial charge in [0.15, 0.2) is 5.58 Å². The normalized spacial score (nSPS) is 11.3. The molecule has 2 nitrogen and oxygen atoms in total. The lowest BCUT2D eigenvalue weighted by Gasteiger charge is -2.06. The fourth-order valence-electron chi connectivity index (χ4n) is 2.42. The van der Waals surface area contributed by atoms with E-state index in [2.05, 4.69) is 31.5 Å². The van der Waals surface area contributed by atoms with Crippen LogP contribution in [0.1, 0.15) is 36.5 Å². The van der Waals surface area contributed by atoms with Crippen molar-refractivity contribution in [2.45, 2.75) is 26.7 Å².